The largest absolute Gasteiger partial charge is 0.317 e. The van der Waals surface area contributed by atoms with Crippen LogP contribution in [0.3, 0.4) is 0 Å². The molecular formula is C11H23NO. The van der Waals surface area contributed by atoms with Crippen LogP contribution in [-0.2, 0) is 4.79 Å². The van der Waals surface area contributed by atoms with Crippen LogP contribution in [0, 0.1) is 11.8 Å². The van der Waals surface area contributed by atoms with E-state index < -0.39 is 0 Å². The summed E-state index contributed by atoms with van der Waals surface area (Å²) < 4.78 is 0. The minimum atomic E-state index is 0.220. The highest BCUT2D eigenvalue weighted by atomic mass is 16.1. The highest BCUT2D eigenvalue weighted by molar-refractivity contribution is 5.82. The van der Waals surface area contributed by atoms with Gasteiger partial charge in [0, 0.05) is 11.8 Å². The van der Waals surface area contributed by atoms with Gasteiger partial charge in [0.25, 0.3) is 0 Å². The molecule has 0 aliphatic carbocycles. The molecule has 1 saturated heterocycles. The van der Waals surface area contributed by atoms with Crippen molar-refractivity contribution in [2.45, 2.75) is 40.5 Å². The standard InChI is InChI=1S/C9H17NO.C2H6/c1-7(2)9(11)8-3-5-10-6-4-8;1-2/h7-8,10H,3-6H2,1-2H3;1-2H3. The zero-order chi connectivity index (χ0) is 10.3. The summed E-state index contributed by atoms with van der Waals surface area (Å²) in [7, 11) is 0. The summed E-state index contributed by atoms with van der Waals surface area (Å²) >= 11 is 0. The summed E-state index contributed by atoms with van der Waals surface area (Å²) in [6.45, 7) is 10.0. The maximum Gasteiger partial charge on any atom is 0.138 e. The summed E-state index contributed by atoms with van der Waals surface area (Å²) in [5, 5.41) is 3.26. The lowest BCUT2D eigenvalue weighted by molar-refractivity contribution is -0.126. The Morgan fingerprint density at radius 1 is 1.23 bits per heavy atom. The van der Waals surface area contributed by atoms with Crippen molar-refractivity contribution in [3.05, 3.63) is 0 Å². The van der Waals surface area contributed by atoms with Crippen LogP contribution in [0.15, 0.2) is 0 Å². The lowest BCUT2D eigenvalue weighted by Gasteiger charge is -2.22. The minimum absolute atomic E-state index is 0.220. The van der Waals surface area contributed by atoms with Crippen LogP contribution in [0.25, 0.3) is 0 Å². The van der Waals surface area contributed by atoms with Gasteiger partial charge in [-0.2, -0.15) is 0 Å². The SMILES string of the molecule is CC.CC(C)C(=O)C1CCNCC1. The Balaban J connectivity index is 0.000000671. The number of ketones is 1. The molecule has 1 fully saturated rings. The summed E-state index contributed by atoms with van der Waals surface area (Å²) in [5.74, 6) is 1.01. The van der Waals surface area contributed by atoms with Gasteiger partial charge in [-0.05, 0) is 25.9 Å². The van der Waals surface area contributed by atoms with Gasteiger partial charge in [0.2, 0.25) is 0 Å². The van der Waals surface area contributed by atoms with Gasteiger partial charge in [-0.25, -0.2) is 0 Å². The van der Waals surface area contributed by atoms with Crippen LogP contribution < -0.4 is 5.32 Å². The molecule has 1 aliphatic rings. The van der Waals surface area contributed by atoms with E-state index in [4.69, 9.17) is 0 Å². The molecule has 1 heterocycles. The van der Waals surface area contributed by atoms with Crippen molar-refractivity contribution in [1.82, 2.24) is 5.32 Å². The van der Waals surface area contributed by atoms with Gasteiger partial charge in [-0.15, -0.1) is 0 Å². The number of rotatable bonds is 2. The van der Waals surface area contributed by atoms with E-state index in [1.165, 1.54) is 0 Å². The third-order valence-corrected chi connectivity index (χ3v) is 2.31. The Hall–Kier alpha value is -0.370. The predicted octanol–water partition coefficient (Wildman–Crippen LogP) is 2.24. The molecule has 2 heteroatoms. The zero-order valence-corrected chi connectivity index (χ0v) is 9.39. The Morgan fingerprint density at radius 3 is 2.08 bits per heavy atom. The Kier molecular flexibility index (Phi) is 6.87. The molecule has 1 rings (SSSR count). The van der Waals surface area contributed by atoms with Gasteiger partial charge in [0.1, 0.15) is 5.78 Å². The Morgan fingerprint density at radius 2 is 1.69 bits per heavy atom. The van der Waals surface area contributed by atoms with E-state index in [9.17, 15) is 4.79 Å². The van der Waals surface area contributed by atoms with Crippen LogP contribution in [0.2, 0.25) is 0 Å². The van der Waals surface area contributed by atoms with Gasteiger partial charge < -0.3 is 5.32 Å². The van der Waals surface area contributed by atoms with E-state index in [-0.39, 0.29) is 5.92 Å². The second-order valence-corrected chi connectivity index (χ2v) is 3.58. The Bertz CT molecular complexity index is 137. The molecule has 13 heavy (non-hydrogen) atoms. The van der Waals surface area contributed by atoms with E-state index in [0.717, 1.165) is 25.9 Å². The van der Waals surface area contributed by atoms with E-state index in [0.29, 0.717) is 11.7 Å². The van der Waals surface area contributed by atoms with Crippen molar-refractivity contribution < 1.29 is 4.79 Å². The minimum Gasteiger partial charge on any atom is -0.317 e. The first-order valence-corrected chi connectivity index (χ1v) is 5.46. The molecule has 0 amide bonds. The molecule has 0 aromatic heterocycles. The first-order valence-electron chi connectivity index (χ1n) is 5.46. The highest BCUT2D eigenvalue weighted by Crippen LogP contribution is 2.16. The first kappa shape index (κ1) is 12.6. The fourth-order valence-electron chi connectivity index (χ4n) is 1.58. The average molecular weight is 185 g/mol. The second kappa shape index (κ2) is 7.07. The van der Waals surface area contributed by atoms with E-state index in [1.54, 1.807) is 0 Å². The maximum absolute atomic E-state index is 11.5. The smallest absolute Gasteiger partial charge is 0.138 e. The summed E-state index contributed by atoms with van der Waals surface area (Å²) in [6, 6.07) is 0. The molecule has 0 atom stereocenters. The lowest BCUT2D eigenvalue weighted by atomic mass is 9.88. The molecule has 0 radical (unpaired) electrons. The summed E-state index contributed by atoms with van der Waals surface area (Å²) in [5.41, 5.74) is 0. The number of carbonyl (C=O) groups is 1. The molecule has 0 bridgehead atoms. The summed E-state index contributed by atoms with van der Waals surface area (Å²) in [4.78, 5) is 11.5. The van der Waals surface area contributed by atoms with Gasteiger partial charge in [0.05, 0.1) is 0 Å². The molecule has 1 N–H and O–H groups in total. The Labute approximate surface area is 82.1 Å². The molecule has 78 valence electrons. The number of carbonyl (C=O) groups excluding carboxylic acids is 1. The van der Waals surface area contributed by atoms with Gasteiger partial charge in [0.15, 0.2) is 0 Å². The third kappa shape index (κ3) is 4.41. The monoisotopic (exact) mass is 185 g/mol. The van der Waals surface area contributed by atoms with Gasteiger partial charge in [-0.1, -0.05) is 27.7 Å². The molecule has 2 nitrogen and oxygen atoms in total. The lowest BCUT2D eigenvalue weighted by Crippen LogP contribution is -2.33. The molecule has 0 saturated carbocycles. The second-order valence-electron chi connectivity index (χ2n) is 3.58. The molecule has 0 unspecified atom stereocenters. The fraction of sp³-hybridized carbons (Fsp3) is 0.909. The number of hydrogen-bond donors (Lipinski definition) is 1. The van der Waals surface area contributed by atoms with E-state index in [2.05, 4.69) is 5.32 Å². The molecule has 0 aromatic rings. The van der Waals surface area contributed by atoms with Crippen molar-refractivity contribution in [3.63, 3.8) is 0 Å². The molecule has 0 aromatic carbocycles. The van der Waals surface area contributed by atoms with E-state index in [1.807, 2.05) is 27.7 Å². The zero-order valence-electron chi connectivity index (χ0n) is 9.39. The highest BCUT2D eigenvalue weighted by Gasteiger charge is 2.22. The first-order chi connectivity index (χ1) is 6.22. The van der Waals surface area contributed by atoms with Crippen molar-refractivity contribution in [3.8, 4) is 0 Å². The van der Waals surface area contributed by atoms with Crippen LogP contribution in [0.1, 0.15) is 40.5 Å². The normalized spacial score (nSPS) is 17.9. The van der Waals surface area contributed by atoms with Crippen molar-refractivity contribution in [2.75, 3.05) is 13.1 Å². The molecule has 1 aliphatic heterocycles. The van der Waals surface area contributed by atoms with Crippen LogP contribution in [0.5, 0.6) is 0 Å². The van der Waals surface area contributed by atoms with Gasteiger partial charge >= 0.3 is 0 Å². The van der Waals surface area contributed by atoms with Crippen LogP contribution in [-0.4, -0.2) is 18.9 Å². The fourth-order valence-corrected chi connectivity index (χ4v) is 1.58. The number of Topliss-reactive ketones (excluding diaryl/α,β-unsaturated/α-hetero) is 1. The molecular weight excluding hydrogens is 162 g/mol. The van der Waals surface area contributed by atoms with Crippen LogP contribution in [0.4, 0.5) is 0 Å². The average Bonchev–Trinajstić information content (AvgIpc) is 2.21. The number of piperidine rings is 1. The molecule has 0 spiro atoms. The number of hydrogen-bond acceptors (Lipinski definition) is 2. The van der Waals surface area contributed by atoms with Crippen molar-refractivity contribution >= 4 is 5.78 Å². The van der Waals surface area contributed by atoms with E-state index >= 15 is 0 Å². The summed E-state index contributed by atoms with van der Waals surface area (Å²) in [6.07, 6.45) is 2.08. The van der Waals surface area contributed by atoms with Gasteiger partial charge in [-0.3, -0.25) is 4.79 Å². The topological polar surface area (TPSA) is 29.1 Å². The quantitative estimate of drug-likeness (QED) is 0.715. The van der Waals surface area contributed by atoms with Crippen molar-refractivity contribution in [1.29, 1.82) is 0 Å². The van der Waals surface area contributed by atoms with Crippen molar-refractivity contribution in [2.24, 2.45) is 11.8 Å². The number of nitrogens with one attached hydrogen (secondary N) is 1. The third-order valence-electron chi connectivity index (χ3n) is 2.31. The predicted molar refractivity (Wildman–Crippen MR) is 56.8 cm³/mol. The van der Waals surface area contributed by atoms with Crippen LogP contribution >= 0.6 is 0 Å². The maximum atomic E-state index is 11.5.